The molecule has 0 aliphatic carbocycles. The number of carbonyl (C=O) groups is 2. The van der Waals surface area contributed by atoms with E-state index in [0.29, 0.717) is 19.3 Å². The molecule has 16 nitrogen and oxygen atoms in total. The number of rotatable bonds is 11. The van der Waals surface area contributed by atoms with Gasteiger partial charge in [-0.2, -0.15) is 0 Å². The lowest BCUT2D eigenvalue weighted by molar-refractivity contribution is -0.344. The summed E-state index contributed by atoms with van der Waals surface area (Å²) in [5.74, 6) is -1.47. The van der Waals surface area contributed by atoms with Crippen LogP contribution < -0.4 is 0 Å². The maximum atomic E-state index is 13.1. The highest BCUT2D eigenvalue weighted by atomic mass is 16.7. The molecule has 0 saturated carbocycles. The van der Waals surface area contributed by atoms with Crippen LogP contribution in [-0.4, -0.2) is 181 Å². The van der Waals surface area contributed by atoms with Crippen molar-refractivity contribution < 1.29 is 67.9 Å². The number of ether oxygens (including phenoxy) is 8. The van der Waals surface area contributed by atoms with Crippen LogP contribution in [0.4, 0.5) is 0 Å². The van der Waals surface area contributed by atoms with Gasteiger partial charge in [0.2, 0.25) is 0 Å². The molecule has 4 aliphatic rings. The Bertz CT molecular complexity index is 1370. The van der Waals surface area contributed by atoms with Crippen molar-refractivity contribution in [2.24, 2.45) is 11.8 Å². The van der Waals surface area contributed by atoms with Crippen LogP contribution in [0.3, 0.4) is 0 Å². The van der Waals surface area contributed by atoms with E-state index in [4.69, 9.17) is 37.9 Å². The third-order valence-corrected chi connectivity index (χ3v) is 12.4. The van der Waals surface area contributed by atoms with Crippen molar-refractivity contribution in [2.45, 2.75) is 190 Å². The molecule has 0 aromatic carbocycles. The monoisotopic (exact) mass is 843 g/mol. The molecule has 0 amide bonds. The van der Waals surface area contributed by atoms with E-state index in [9.17, 15) is 30.0 Å². The van der Waals surface area contributed by atoms with Gasteiger partial charge in [0.05, 0.1) is 54.7 Å². The maximum Gasteiger partial charge on any atom is 0.308 e. The lowest BCUT2D eigenvalue weighted by Gasteiger charge is -2.50. The Morgan fingerprint density at radius 3 is 2.17 bits per heavy atom. The number of methoxy groups -OCH3 is 1. The van der Waals surface area contributed by atoms with E-state index < -0.39 is 110 Å². The van der Waals surface area contributed by atoms with Crippen LogP contribution in [0, 0.1) is 11.8 Å². The lowest BCUT2D eigenvalue weighted by atomic mass is 9.82. The molecule has 4 aliphatic heterocycles. The van der Waals surface area contributed by atoms with Crippen molar-refractivity contribution in [3.05, 3.63) is 24.3 Å². The summed E-state index contributed by atoms with van der Waals surface area (Å²) in [7, 11) is 9.03. The molecule has 19 atom stereocenters. The first kappa shape index (κ1) is 49.8. The first-order chi connectivity index (χ1) is 27.8. The predicted molar refractivity (Wildman–Crippen MR) is 217 cm³/mol. The Balaban J connectivity index is 1.66. The third-order valence-electron chi connectivity index (χ3n) is 12.4. The molecule has 0 radical (unpaired) electrons. The van der Waals surface area contributed by atoms with Gasteiger partial charge in [0.1, 0.15) is 36.8 Å². The molecule has 4 heterocycles. The van der Waals surface area contributed by atoms with E-state index in [0.717, 1.165) is 12.7 Å². The quantitative estimate of drug-likeness (QED) is 0.175. The largest absolute Gasteiger partial charge is 0.462 e. The number of hydrogen-bond donors (Lipinski definition) is 4. The summed E-state index contributed by atoms with van der Waals surface area (Å²) >= 11 is 0. The molecule has 3 fully saturated rings. The molecular weight excluding hydrogens is 768 g/mol. The smallest absolute Gasteiger partial charge is 0.308 e. The van der Waals surface area contributed by atoms with Crippen molar-refractivity contribution in [1.29, 1.82) is 0 Å². The molecule has 59 heavy (non-hydrogen) atoms. The van der Waals surface area contributed by atoms with Crippen LogP contribution in [0.15, 0.2) is 24.3 Å². The van der Waals surface area contributed by atoms with E-state index in [1.54, 1.807) is 39.8 Å². The zero-order valence-electron chi connectivity index (χ0n) is 37.0. The second-order valence-electron chi connectivity index (χ2n) is 17.8. The molecule has 0 spiro atoms. The Hall–Kier alpha value is -1.90. The molecule has 0 aromatic heterocycles. The summed E-state index contributed by atoms with van der Waals surface area (Å²) in [6.45, 7) is 10.8. The molecule has 340 valence electrons. The summed E-state index contributed by atoms with van der Waals surface area (Å²) in [6.07, 6.45) is -1.56. The second kappa shape index (κ2) is 22.5. The van der Waals surface area contributed by atoms with E-state index in [-0.39, 0.29) is 30.9 Å². The van der Waals surface area contributed by atoms with Gasteiger partial charge in [-0.1, -0.05) is 31.2 Å². The number of esters is 1. The van der Waals surface area contributed by atoms with Gasteiger partial charge >= 0.3 is 5.97 Å². The van der Waals surface area contributed by atoms with Crippen molar-refractivity contribution in [1.82, 2.24) is 9.80 Å². The first-order valence-electron chi connectivity index (χ1n) is 21.3. The summed E-state index contributed by atoms with van der Waals surface area (Å²) in [5, 5.41) is 45.1. The fourth-order valence-electron chi connectivity index (χ4n) is 9.10. The van der Waals surface area contributed by atoms with Gasteiger partial charge in [-0.15, -0.1) is 0 Å². The van der Waals surface area contributed by atoms with E-state index in [1.165, 1.54) is 14.0 Å². The molecule has 0 aromatic rings. The molecule has 4 rings (SSSR count). The van der Waals surface area contributed by atoms with Crippen LogP contribution in [0.25, 0.3) is 0 Å². The molecule has 16 heteroatoms. The highest BCUT2D eigenvalue weighted by Crippen LogP contribution is 2.37. The van der Waals surface area contributed by atoms with Gasteiger partial charge < -0.3 is 72.9 Å². The van der Waals surface area contributed by atoms with Gasteiger partial charge in [0.15, 0.2) is 18.9 Å². The second-order valence-corrected chi connectivity index (χ2v) is 17.8. The topological polar surface area (TPSA) is 195 Å². The van der Waals surface area contributed by atoms with Gasteiger partial charge in [-0.3, -0.25) is 4.79 Å². The number of carbonyl (C=O) groups excluding carboxylic acids is 2. The number of hydrogen-bond acceptors (Lipinski definition) is 16. The number of aliphatic hydroxyl groups is 4. The van der Waals surface area contributed by atoms with Gasteiger partial charge in [0.25, 0.3) is 0 Å². The van der Waals surface area contributed by atoms with E-state index in [1.807, 2.05) is 52.2 Å². The van der Waals surface area contributed by atoms with Crippen LogP contribution in [0.1, 0.15) is 86.5 Å². The standard InChI is InChI=1S/C43H74N2O14/c1-24-21-29(19-20-46)39(59-42-37(49)36(45(9)10)38(27(4)56-42)58-35-23-43(6,51)41(50)28(5)55-35)40(52-11)31(47)22-33(48)53-25(2)15-13-12-14-16-32(24)57-34-18-17-30(44(7)8)26(3)54-34/h12-14,16,20,24-32,34-42,47,49-51H,15,17-19,21-23H2,1-11H3/b13-12+,16-14+/t24-,25-,26-,27-,28+,29+,30-,31-,32+,34-,35-,36-,37+,38+,39+,40+,41-,42+,43+/m1/s1. The van der Waals surface area contributed by atoms with Gasteiger partial charge in [-0.05, 0) is 93.9 Å². The van der Waals surface area contributed by atoms with Crippen molar-refractivity contribution in [3.63, 3.8) is 0 Å². The zero-order valence-corrected chi connectivity index (χ0v) is 37.0. The SMILES string of the molecule is CO[C@@H]1[C@@H](O[C@@H]2O[C@H](C)[C@H](O[C@@H]3C[C@](C)(O)[C@H](O)[C@H](C)O3)[C@H](N(C)C)[C@@H]2O)[C@@H](CC=O)C[C@@H](C)[C@@H](O[C@@H]2CC[C@@H](N(C)C)[C@@H](C)O2)/C=C/C=C/C[C@@H](C)OC(=O)C[C@H]1O. The van der Waals surface area contributed by atoms with Crippen molar-refractivity contribution in [2.75, 3.05) is 35.3 Å². The Kier molecular flexibility index (Phi) is 18.9. The van der Waals surface area contributed by atoms with Crippen molar-refractivity contribution in [3.8, 4) is 0 Å². The highest BCUT2D eigenvalue weighted by molar-refractivity contribution is 5.70. The minimum atomic E-state index is -1.47. The average Bonchev–Trinajstić information content (AvgIpc) is 3.13. The summed E-state index contributed by atoms with van der Waals surface area (Å²) in [4.78, 5) is 29.5. The summed E-state index contributed by atoms with van der Waals surface area (Å²) < 4.78 is 50.0. The maximum absolute atomic E-state index is 13.1. The van der Waals surface area contributed by atoms with Gasteiger partial charge in [-0.25, -0.2) is 0 Å². The number of nitrogens with zero attached hydrogens (tertiary/aromatic N) is 2. The Morgan fingerprint density at radius 2 is 1.56 bits per heavy atom. The minimum absolute atomic E-state index is 0.00885. The van der Waals surface area contributed by atoms with E-state index >= 15 is 0 Å². The Morgan fingerprint density at radius 1 is 0.864 bits per heavy atom. The average molecular weight is 843 g/mol. The summed E-state index contributed by atoms with van der Waals surface area (Å²) in [5.41, 5.74) is -1.47. The molecule has 4 N–H and O–H groups in total. The minimum Gasteiger partial charge on any atom is -0.462 e. The normalized spacial score (nSPS) is 45.8. The number of likely N-dealkylation sites (N-methyl/N-ethyl adjacent to an activating group) is 2. The molecule has 0 unspecified atom stereocenters. The number of aliphatic hydroxyl groups excluding tert-OH is 3. The highest BCUT2D eigenvalue weighted by Gasteiger charge is 2.52. The van der Waals surface area contributed by atoms with Crippen LogP contribution in [0.2, 0.25) is 0 Å². The van der Waals surface area contributed by atoms with Crippen LogP contribution >= 0.6 is 0 Å². The van der Waals surface area contributed by atoms with E-state index in [2.05, 4.69) is 4.90 Å². The van der Waals surface area contributed by atoms with Crippen molar-refractivity contribution >= 4 is 12.3 Å². The number of cyclic esters (lactones) is 1. The zero-order chi connectivity index (χ0) is 43.8. The molecular formula is C43H74N2O14. The lowest BCUT2D eigenvalue weighted by Crippen LogP contribution is -2.65. The third kappa shape index (κ3) is 13.3. The first-order valence-corrected chi connectivity index (χ1v) is 21.3. The molecule has 0 bridgehead atoms. The predicted octanol–water partition coefficient (Wildman–Crippen LogP) is 2.33. The van der Waals surface area contributed by atoms with Gasteiger partial charge in [0, 0.05) is 32.4 Å². The van der Waals surface area contributed by atoms with Crippen LogP contribution in [-0.2, 0) is 47.5 Å². The summed E-state index contributed by atoms with van der Waals surface area (Å²) in [6, 6.07) is -0.466. The number of aldehydes is 1. The molecule has 3 saturated heterocycles. The Labute approximate surface area is 351 Å². The fourth-order valence-corrected chi connectivity index (χ4v) is 9.10. The van der Waals surface area contributed by atoms with Crippen LogP contribution in [0.5, 0.6) is 0 Å². The number of allylic oxidation sites excluding steroid dienone is 2. The fraction of sp³-hybridized carbons (Fsp3) is 0.860.